The number of aromatic nitrogens is 1. The summed E-state index contributed by atoms with van der Waals surface area (Å²) in [5, 5.41) is 59.7. The minimum atomic E-state index is -1.96. The number of rotatable bonds is 30. The smallest absolute Gasteiger partial charge is 0.409 e. The van der Waals surface area contributed by atoms with Crippen molar-refractivity contribution in [3.63, 3.8) is 0 Å². The molecule has 11 amide bonds. The van der Waals surface area contributed by atoms with Crippen LogP contribution in [0.5, 0.6) is 11.5 Å². The maximum absolute atomic E-state index is 15.4. The number of halogens is 1. The van der Waals surface area contributed by atoms with E-state index in [1.165, 1.54) is 59.2 Å². The number of carbonyl (C=O) groups excluding carboxylic acids is 12. The number of unbranched alkanes of at least 4 members (excludes halogenated alkanes) is 1. The first kappa shape index (κ1) is 101. The fourth-order valence-electron chi connectivity index (χ4n) is 15.3. The van der Waals surface area contributed by atoms with Crippen LogP contribution in [0.4, 0.5) is 10.5 Å². The van der Waals surface area contributed by atoms with E-state index in [0.29, 0.717) is 40.4 Å². The number of phenols is 1. The Morgan fingerprint density at radius 3 is 2.14 bits per heavy atom. The highest BCUT2D eigenvalue weighted by molar-refractivity contribution is 8.77. The van der Waals surface area contributed by atoms with Crippen LogP contribution in [0.25, 0.3) is 10.9 Å². The number of amides is 11. The Kier molecular flexibility index (Phi) is 37.0. The summed E-state index contributed by atoms with van der Waals surface area (Å²) in [5.74, 6) is -10.6. The zero-order chi connectivity index (χ0) is 93.4. The molecule has 4 aliphatic heterocycles. The lowest BCUT2D eigenvalue weighted by molar-refractivity contribution is -0.162. The Balaban J connectivity index is 0.866. The van der Waals surface area contributed by atoms with Crippen LogP contribution < -0.4 is 69.0 Å². The van der Waals surface area contributed by atoms with Crippen molar-refractivity contribution in [3.05, 3.63) is 184 Å². The molecule has 1 aromatic heterocycles. The number of primary amides is 1. The summed E-state index contributed by atoms with van der Waals surface area (Å²) >= 11 is 6.91. The van der Waals surface area contributed by atoms with Crippen molar-refractivity contribution in [1.29, 1.82) is 0 Å². The fraction of sp³-hybridized carbons (Fsp3) is 0.467. The molecule has 17 atom stereocenters. The number of aromatic amines is 1. The van der Waals surface area contributed by atoms with Crippen molar-refractivity contribution < 1.29 is 96.5 Å². The molecule has 4 aliphatic rings. The van der Waals surface area contributed by atoms with Crippen molar-refractivity contribution in [3.8, 4) is 11.5 Å². The van der Waals surface area contributed by atoms with E-state index in [-0.39, 0.29) is 103 Å². The fourth-order valence-corrected chi connectivity index (χ4v) is 20.1. The van der Waals surface area contributed by atoms with Gasteiger partial charge in [-0.2, -0.15) is 0 Å². The number of carbonyl (C=O) groups is 12. The molecule has 0 saturated carbocycles. The van der Waals surface area contributed by atoms with Crippen molar-refractivity contribution in [2.75, 3.05) is 62.8 Å². The lowest BCUT2D eigenvalue weighted by atomic mass is 9.83. The lowest BCUT2D eigenvalue weighted by Gasteiger charge is -2.42. The van der Waals surface area contributed by atoms with Gasteiger partial charge in [0.25, 0.3) is 0 Å². The summed E-state index contributed by atoms with van der Waals surface area (Å²) < 4.78 is 29.8. The molecule has 0 aliphatic carbocycles. The van der Waals surface area contributed by atoms with E-state index in [2.05, 4.69) is 52.8 Å². The quantitative estimate of drug-likeness (QED) is 0.0120. The summed E-state index contributed by atoms with van der Waals surface area (Å²) in [6.07, 6.45) is -0.163. The number of epoxide rings is 1. The van der Waals surface area contributed by atoms with Crippen molar-refractivity contribution in [2.45, 2.75) is 202 Å². The number of benzene rings is 5. The van der Waals surface area contributed by atoms with Crippen LogP contribution in [0.2, 0.25) is 5.02 Å². The molecular formula is C90H115ClN14O20S4. The summed E-state index contributed by atoms with van der Waals surface area (Å²) in [4.78, 5) is 181. The first-order valence-electron chi connectivity index (χ1n) is 42.4. The second kappa shape index (κ2) is 47.4. The number of esters is 1. The summed E-state index contributed by atoms with van der Waals surface area (Å²) in [5.41, 5.74) is 13.8. The number of allylic oxidation sites excluding steroid dienone is 3. The van der Waals surface area contributed by atoms with E-state index < -0.39 is 180 Å². The molecule has 0 radical (unpaired) electrons. The molecule has 3 saturated heterocycles. The first-order chi connectivity index (χ1) is 61.6. The van der Waals surface area contributed by atoms with Crippen LogP contribution in [0.1, 0.15) is 101 Å². The molecule has 17 N–H and O–H groups in total. The van der Waals surface area contributed by atoms with Gasteiger partial charge in [0.15, 0.2) is 5.72 Å². The standard InChI is InChI=1S/C90H115ClN14O20S4/c1-50-21-20-29-72(122-9)90(120)44-71(123-88(119)103-90)51(2)78-89(5,125-78)73(43-75(109)105(7)69-40-57(37-50)41-70(121-8)76(69)91)124-87(118)52(3)104(6)74(108)34-36-126-127-47-66(79(93)110)99-85(116)68-49-129-128-48-67(100-81(112)63(38-54-22-12-10-13-23-54)94-45-56-24-14-11-15-25-56)84(115)97-64(39-55-30-32-59(107)33-31-55)82(113)98-65(42-58-46-95-61-27-17-16-26-60(58)61)83(114)96-62(28-18-19-35-92)80(111)102-77(53(4)106)86(117)101-68/h10-17,20-27,29-33,40-41,46,51-53,62-68,71-73,77-78,94-95,106-107,120H,18-19,28,34-39,42-45,47-49,92H2,1-9H3,(H2,93,110)(H,96,114)(H,97,115)(H,98,113)(H,99,116)(H,100,112)(H,101,117)(H,102,111)(H,103,119)/b29-20+,50-21+/t51-,52+,53-,62+,63-,64+,65-,66+,67+,68+,71+,72-,73+,77+,78+,89+,90+/m1/s1. The minimum absolute atomic E-state index is 0.0669. The zero-order valence-corrected chi connectivity index (χ0v) is 77.2. The molecular weight excluding hydrogens is 1760 g/mol. The van der Waals surface area contributed by atoms with E-state index in [1.807, 2.05) is 91.9 Å². The molecule has 129 heavy (non-hydrogen) atoms. The number of likely N-dealkylation sites (N-methyl/N-ethyl adjacent to an activating group) is 1. The van der Waals surface area contributed by atoms with Gasteiger partial charge in [-0.15, -0.1) is 0 Å². The number of aliphatic hydroxyl groups excluding tert-OH is 1. The number of ether oxygens (including phenoxy) is 5. The SMILES string of the molecule is COc1cc2cc(c1Cl)N(C)C(=O)C[C@H](OC(=O)[C@H](C)N(C)C(=O)CCSSC[C@H](NC(=O)[C@@H]1CSSC[C@H](NC(=O)[C@@H](Cc3ccccc3)NCc3ccccc3)C(=O)N[C@@H](Cc3ccc(O)cc3)C(=O)N[C@H](Cc3c[nH]c4ccccc34)C(=O)N[C@@H](CCCCN)C(=O)N[C@@H]([C@@H](C)O)C(=O)N1)C(N)=O)[C@]1(C)O[C@H]1[C@H](C)[C@@H]1C[C@@](O)(NC(=O)O1)[C@H](OC)/C=C/C=C(\C)C2. The van der Waals surface area contributed by atoms with Gasteiger partial charge < -0.3 is 108 Å². The topological polar surface area (TPSA) is 498 Å². The first-order valence-corrected chi connectivity index (χ1v) is 47.7. The summed E-state index contributed by atoms with van der Waals surface area (Å²) in [6, 6.07) is 22.0. The zero-order valence-electron chi connectivity index (χ0n) is 73.2. The predicted molar refractivity (Wildman–Crippen MR) is 494 cm³/mol. The number of nitrogens with two attached hydrogens (primary N) is 2. The lowest BCUT2D eigenvalue weighted by Crippen LogP contribution is -2.63. The van der Waals surface area contributed by atoms with Gasteiger partial charge in [-0.25, -0.2) is 9.59 Å². The third-order valence-electron chi connectivity index (χ3n) is 23.1. The number of alkyl carbamates (subject to hydrolysis) is 1. The third-order valence-corrected chi connectivity index (χ3v) is 28.3. The summed E-state index contributed by atoms with van der Waals surface area (Å²) in [6.45, 7) is 8.32. The van der Waals surface area contributed by atoms with Gasteiger partial charge in [0.1, 0.15) is 88.8 Å². The Morgan fingerprint density at radius 2 is 1.46 bits per heavy atom. The molecule has 5 aromatic carbocycles. The number of fused-ring (bicyclic) bond motifs is 6. The highest BCUT2D eigenvalue weighted by Gasteiger charge is 2.65. The van der Waals surface area contributed by atoms with E-state index in [9.17, 15) is 53.7 Å². The molecule has 0 spiro atoms. The van der Waals surface area contributed by atoms with Gasteiger partial charge >= 0.3 is 12.1 Å². The normalized spacial score (nSPS) is 25.7. The average molecular weight is 1880 g/mol. The van der Waals surface area contributed by atoms with Gasteiger partial charge in [-0.05, 0) is 124 Å². The van der Waals surface area contributed by atoms with Crippen molar-refractivity contribution in [2.24, 2.45) is 17.4 Å². The number of H-pyrrole nitrogens is 1. The van der Waals surface area contributed by atoms with Crippen molar-refractivity contribution >= 4 is 143 Å². The van der Waals surface area contributed by atoms with Crippen LogP contribution >= 0.6 is 54.8 Å². The van der Waals surface area contributed by atoms with Crippen LogP contribution in [0.15, 0.2) is 151 Å². The number of aliphatic hydroxyl groups is 2. The van der Waals surface area contributed by atoms with E-state index in [1.54, 1.807) is 62.5 Å². The maximum Gasteiger partial charge on any atom is 0.409 e. The van der Waals surface area contributed by atoms with E-state index in [0.717, 1.165) is 64.8 Å². The molecule has 34 nitrogen and oxygen atoms in total. The summed E-state index contributed by atoms with van der Waals surface area (Å²) in [7, 11) is 9.80. The van der Waals surface area contributed by atoms with Gasteiger partial charge in [-0.3, -0.25) is 53.3 Å². The maximum atomic E-state index is 15.4. The van der Waals surface area contributed by atoms with Crippen LogP contribution in [0, 0.1) is 5.92 Å². The molecule has 4 bridgehead atoms. The number of hydrogen-bond acceptors (Lipinski definition) is 26. The van der Waals surface area contributed by atoms with Crippen LogP contribution in [-0.4, -0.2) is 250 Å². The number of methoxy groups -OCH3 is 2. The second-order valence-electron chi connectivity index (χ2n) is 32.7. The Labute approximate surface area is 769 Å². The van der Waals surface area contributed by atoms with Gasteiger partial charge in [0.2, 0.25) is 59.1 Å². The van der Waals surface area contributed by atoms with Gasteiger partial charge in [-0.1, -0.05) is 176 Å². The number of para-hydroxylation sites is 1. The Morgan fingerprint density at radius 1 is 0.798 bits per heavy atom. The number of nitrogens with one attached hydrogen (secondary N) is 10. The number of nitrogens with zero attached hydrogens (tertiary/aromatic N) is 2. The molecule has 696 valence electrons. The number of hydrogen-bond donors (Lipinski definition) is 15. The Hall–Kier alpha value is -10.4. The second-order valence-corrected chi connectivity index (χ2v) is 38.2. The Bertz CT molecular complexity index is 5010. The van der Waals surface area contributed by atoms with Crippen LogP contribution in [-0.2, 0) is 104 Å². The van der Waals surface area contributed by atoms with Crippen molar-refractivity contribution in [1.82, 2.24) is 57.7 Å². The van der Waals surface area contributed by atoms with Crippen LogP contribution in [0.3, 0.4) is 0 Å². The minimum Gasteiger partial charge on any atom is -0.508 e. The number of anilines is 1. The van der Waals surface area contributed by atoms with Gasteiger partial charge in [0.05, 0.1) is 37.5 Å². The molecule has 6 aromatic rings. The van der Waals surface area contributed by atoms with E-state index in [4.69, 9.17) is 46.8 Å². The highest BCUT2D eigenvalue weighted by atomic mass is 35.5. The molecule has 10 rings (SSSR count). The number of phenolic OH excluding ortho intramolecular Hbond substituents is 1. The monoisotopic (exact) mass is 1870 g/mol. The highest BCUT2D eigenvalue weighted by Crippen LogP contribution is 2.50. The molecule has 3 fully saturated rings. The number of aromatic hydroxyl groups is 1. The predicted octanol–water partition coefficient (Wildman–Crippen LogP) is 5.14. The third kappa shape index (κ3) is 27.8. The molecule has 39 heteroatoms. The molecule has 0 unspecified atom stereocenters. The average Bonchev–Trinajstić information content (AvgIpc) is 1.57. The van der Waals surface area contributed by atoms with E-state index >= 15 is 19.2 Å². The largest absolute Gasteiger partial charge is 0.508 e. The van der Waals surface area contributed by atoms with Gasteiger partial charge in [0, 0.05) is 99.5 Å². The molecule has 5 heterocycles.